The van der Waals surface area contributed by atoms with Crippen LogP contribution in [-0.4, -0.2) is 45.8 Å². The van der Waals surface area contributed by atoms with Gasteiger partial charge in [0.15, 0.2) is 5.37 Å². The molecule has 0 aromatic rings. The van der Waals surface area contributed by atoms with Gasteiger partial charge in [0.25, 0.3) is 0 Å². The first kappa shape index (κ1) is 11.2. The Hall–Kier alpha value is -0.910. The minimum absolute atomic E-state index is 0.220. The number of carboxylic acid groups (broad SMARTS) is 1. The maximum absolute atomic E-state index is 11.4. The number of aliphatic carboxylic acids is 1. The molecule has 0 aromatic carbocycles. The summed E-state index contributed by atoms with van der Waals surface area (Å²) in [4.78, 5) is 23.4. The Morgan fingerprint density at radius 3 is 2.71 bits per heavy atom. The predicted octanol–water partition coefficient (Wildman–Crippen LogP) is 0.991. The highest BCUT2D eigenvalue weighted by atomic mass is 32.2. The van der Waals surface area contributed by atoms with Crippen molar-refractivity contribution >= 4 is 23.8 Å². The number of amides is 1. The van der Waals surface area contributed by atoms with E-state index in [-0.39, 0.29) is 6.10 Å². The molecule has 6 heteroatoms. The van der Waals surface area contributed by atoms with Crippen molar-refractivity contribution in [1.82, 2.24) is 4.90 Å². The Kier molecular flexibility index (Phi) is 3.62. The van der Waals surface area contributed by atoms with Crippen LogP contribution in [0.2, 0.25) is 0 Å². The second kappa shape index (κ2) is 4.54. The van der Waals surface area contributed by atoms with Crippen LogP contribution in [-0.2, 0) is 9.53 Å². The number of hydrogen-bond donors (Lipinski definition) is 1. The third-order valence-corrected chi connectivity index (χ3v) is 2.86. The highest BCUT2D eigenvalue weighted by Crippen LogP contribution is 2.24. The molecule has 1 aliphatic heterocycles. The van der Waals surface area contributed by atoms with E-state index in [1.54, 1.807) is 13.8 Å². The number of ether oxygens (including phenoxy) is 1. The summed E-state index contributed by atoms with van der Waals surface area (Å²) in [6.07, 6.45) is -0.764. The Morgan fingerprint density at radius 1 is 1.57 bits per heavy atom. The molecule has 1 heterocycles. The SMILES string of the molecule is CC(C)OC(=O)N1CCSC1C(=O)O. The van der Waals surface area contributed by atoms with Crippen molar-refractivity contribution in [3.05, 3.63) is 0 Å². The average molecular weight is 219 g/mol. The fourth-order valence-corrected chi connectivity index (χ4v) is 2.17. The molecule has 1 saturated heterocycles. The number of carbonyl (C=O) groups excluding carboxylic acids is 1. The number of nitrogens with zero attached hydrogens (tertiary/aromatic N) is 1. The second-order valence-electron chi connectivity index (χ2n) is 3.19. The summed E-state index contributed by atoms with van der Waals surface area (Å²) >= 11 is 1.24. The Bertz CT molecular complexity index is 243. The molecule has 1 N–H and O–H groups in total. The van der Waals surface area contributed by atoms with E-state index >= 15 is 0 Å². The van der Waals surface area contributed by atoms with Gasteiger partial charge in [0.1, 0.15) is 0 Å². The van der Waals surface area contributed by atoms with Gasteiger partial charge in [-0.3, -0.25) is 4.90 Å². The van der Waals surface area contributed by atoms with Gasteiger partial charge in [-0.2, -0.15) is 0 Å². The lowest BCUT2D eigenvalue weighted by Gasteiger charge is -2.21. The summed E-state index contributed by atoms with van der Waals surface area (Å²) in [7, 11) is 0. The molecular weight excluding hydrogens is 206 g/mol. The maximum Gasteiger partial charge on any atom is 0.411 e. The molecule has 0 aromatic heterocycles. The van der Waals surface area contributed by atoms with Crippen molar-refractivity contribution in [2.24, 2.45) is 0 Å². The van der Waals surface area contributed by atoms with E-state index in [1.807, 2.05) is 0 Å². The van der Waals surface area contributed by atoms with Crippen LogP contribution in [0, 0.1) is 0 Å². The molecule has 1 atom stereocenters. The molecule has 0 spiro atoms. The quantitative estimate of drug-likeness (QED) is 0.750. The maximum atomic E-state index is 11.4. The number of carbonyl (C=O) groups is 2. The molecular formula is C8H13NO4S. The molecule has 1 rings (SSSR count). The standard InChI is InChI=1S/C8H13NO4S/c1-5(2)13-8(12)9-3-4-14-6(9)7(10)11/h5-6H,3-4H2,1-2H3,(H,10,11). The van der Waals surface area contributed by atoms with E-state index in [2.05, 4.69) is 0 Å². The summed E-state index contributed by atoms with van der Waals surface area (Å²) in [5, 5.41) is 8.01. The van der Waals surface area contributed by atoms with Gasteiger partial charge in [-0.25, -0.2) is 9.59 Å². The highest BCUT2D eigenvalue weighted by Gasteiger charge is 2.35. The summed E-state index contributed by atoms with van der Waals surface area (Å²) in [6, 6.07) is 0. The fraction of sp³-hybridized carbons (Fsp3) is 0.750. The number of carboxylic acids is 1. The summed E-state index contributed by atoms with van der Waals surface area (Å²) in [5.74, 6) is -0.349. The first-order chi connectivity index (χ1) is 6.52. The fourth-order valence-electron chi connectivity index (χ4n) is 1.13. The number of hydrogen-bond acceptors (Lipinski definition) is 4. The normalized spacial score (nSPS) is 21.4. The zero-order valence-electron chi connectivity index (χ0n) is 8.10. The van der Waals surface area contributed by atoms with E-state index in [0.717, 1.165) is 0 Å². The van der Waals surface area contributed by atoms with E-state index in [4.69, 9.17) is 9.84 Å². The molecule has 1 fully saturated rings. The van der Waals surface area contributed by atoms with E-state index in [0.29, 0.717) is 12.3 Å². The monoisotopic (exact) mass is 219 g/mol. The highest BCUT2D eigenvalue weighted by molar-refractivity contribution is 8.00. The van der Waals surface area contributed by atoms with Crippen LogP contribution in [0.1, 0.15) is 13.8 Å². The summed E-state index contributed by atoms with van der Waals surface area (Å²) in [5.41, 5.74) is 0. The van der Waals surface area contributed by atoms with Crippen molar-refractivity contribution in [2.75, 3.05) is 12.3 Å². The molecule has 5 nitrogen and oxygen atoms in total. The van der Waals surface area contributed by atoms with Crippen molar-refractivity contribution in [3.63, 3.8) is 0 Å². The minimum atomic E-state index is -0.992. The molecule has 0 saturated carbocycles. The van der Waals surface area contributed by atoms with Crippen molar-refractivity contribution in [3.8, 4) is 0 Å². The summed E-state index contributed by atoms with van der Waals surface area (Å²) in [6.45, 7) is 3.90. The minimum Gasteiger partial charge on any atom is -0.479 e. The van der Waals surface area contributed by atoms with Crippen LogP contribution >= 0.6 is 11.8 Å². The molecule has 1 aliphatic rings. The zero-order chi connectivity index (χ0) is 10.7. The van der Waals surface area contributed by atoms with Crippen LogP contribution in [0.25, 0.3) is 0 Å². The van der Waals surface area contributed by atoms with Gasteiger partial charge < -0.3 is 9.84 Å². The number of thioether (sulfide) groups is 1. The van der Waals surface area contributed by atoms with Gasteiger partial charge in [-0.15, -0.1) is 11.8 Å². The molecule has 1 unspecified atom stereocenters. The van der Waals surface area contributed by atoms with Gasteiger partial charge >= 0.3 is 12.1 Å². The van der Waals surface area contributed by atoms with Crippen LogP contribution < -0.4 is 0 Å². The van der Waals surface area contributed by atoms with E-state index in [9.17, 15) is 9.59 Å². The lowest BCUT2D eigenvalue weighted by atomic mass is 10.5. The van der Waals surface area contributed by atoms with Crippen LogP contribution in [0.3, 0.4) is 0 Å². The Balaban J connectivity index is 2.58. The molecule has 1 amide bonds. The number of rotatable bonds is 2. The van der Waals surface area contributed by atoms with Gasteiger partial charge in [0, 0.05) is 12.3 Å². The van der Waals surface area contributed by atoms with Gasteiger partial charge in [-0.1, -0.05) is 0 Å². The van der Waals surface area contributed by atoms with Crippen LogP contribution in [0.4, 0.5) is 4.79 Å². The van der Waals surface area contributed by atoms with Crippen molar-refractivity contribution < 1.29 is 19.4 Å². The Morgan fingerprint density at radius 2 is 2.21 bits per heavy atom. The average Bonchev–Trinajstić information content (AvgIpc) is 2.49. The predicted molar refractivity (Wildman–Crippen MR) is 52.2 cm³/mol. The topological polar surface area (TPSA) is 66.8 Å². The van der Waals surface area contributed by atoms with E-state index < -0.39 is 17.4 Å². The molecule has 0 aliphatic carbocycles. The zero-order valence-corrected chi connectivity index (χ0v) is 8.91. The van der Waals surface area contributed by atoms with Gasteiger partial charge in [-0.05, 0) is 13.8 Å². The second-order valence-corrected chi connectivity index (χ2v) is 4.38. The smallest absolute Gasteiger partial charge is 0.411 e. The van der Waals surface area contributed by atoms with Gasteiger partial charge in [0.05, 0.1) is 6.10 Å². The van der Waals surface area contributed by atoms with Crippen LogP contribution in [0.15, 0.2) is 0 Å². The lowest BCUT2D eigenvalue weighted by Crippen LogP contribution is -2.40. The largest absolute Gasteiger partial charge is 0.479 e. The Labute approximate surface area is 86.4 Å². The lowest BCUT2D eigenvalue weighted by molar-refractivity contribution is -0.139. The summed E-state index contributed by atoms with van der Waals surface area (Å²) < 4.78 is 4.92. The molecule has 0 bridgehead atoms. The van der Waals surface area contributed by atoms with E-state index in [1.165, 1.54) is 16.7 Å². The molecule has 14 heavy (non-hydrogen) atoms. The van der Waals surface area contributed by atoms with Crippen molar-refractivity contribution in [1.29, 1.82) is 0 Å². The molecule has 80 valence electrons. The van der Waals surface area contributed by atoms with Crippen LogP contribution in [0.5, 0.6) is 0 Å². The third-order valence-electron chi connectivity index (χ3n) is 1.67. The first-order valence-electron chi connectivity index (χ1n) is 4.34. The molecule has 0 radical (unpaired) electrons. The third kappa shape index (κ3) is 2.54. The van der Waals surface area contributed by atoms with Crippen molar-refractivity contribution in [2.45, 2.75) is 25.3 Å². The van der Waals surface area contributed by atoms with Gasteiger partial charge in [0.2, 0.25) is 0 Å². The first-order valence-corrected chi connectivity index (χ1v) is 5.39.